The lowest BCUT2D eigenvalue weighted by atomic mass is 10.0. The van der Waals surface area contributed by atoms with E-state index >= 15 is 0 Å². The first-order valence-corrected chi connectivity index (χ1v) is 12.9. The van der Waals surface area contributed by atoms with Crippen LogP contribution in [-0.4, -0.2) is 11.7 Å². The highest BCUT2D eigenvalue weighted by molar-refractivity contribution is 6.17. The number of ketones is 1. The first kappa shape index (κ1) is 27.0. The summed E-state index contributed by atoms with van der Waals surface area (Å²) in [7, 11) is 0. The van der Waals surface area contributed by atoms with Crippen molar-refractivity contribution < 1.29 is 4.79 Å². The monoisotopic (exact) mass is 400 g/mol. The van der Waals surface area contributed by atoms with Crippen LogP contribution in [0.1, 0.15) is 148 Å². The molecule has 162 valence electrons. The summed E-state index contributed by atoms with van der Waals surface area (Å²) in [4.78, 5) is 11.8. The van der Waals surface area contributed by atoms with Gasteiger partial charge in [-0.3, -0.25) is 4.79 Å². The van der Waals surface area contributed by atoms with Crippen molar-refractivity contribution in [3.05, 3.63) is 0 Å². The van der Waals surface area contributed by atoms with Gasteiger partial charge in [0.05, 0.1) is 0 Å². The lowest BCUT2D eigenvalue weighted by molar-refractivity contribution is -0.119. The van der Waals surface area contributed by atoms with Crippen LogP contribution in [0.2, 0.25) is 0 Å². The molecule has 0 atom stereocenters. The Morgan fingerprint density at radius 3 is 1.11 bits per heavy atom. The van der Waals surface area contributed by atoms with E-state index in [0.717, 1.165) is 44.4 Å². The fraction of sp³-hybridized carbons (Fsp3) is 0.960. The molecule has 0 unspecified atom stereocenters. The highest BCUT2D eigenvalue weighted by Gasteiger charge is 2.02. The molecule has 0 bridgehead atoms. The number of halogens is 1. The van der Waals surface area contributed by atoms with Crippen molar-refractivity contribution in [2.75, 3.05) is 5.88 Å². The van der Waals surface area contributed by atoms with Crippen molar-refractivity contribution >= 4 is 17.4 Å². The minimum Gasteiger partial charge on any atom is -0.300 e. The summed E-state index contributed by atoms with van der Waals surface area (Å²) in [6.07, 6.45) is 28.3. The molecular formula is C25H49ClO. The van der Waals surface area contributed by atoms with Crippen LogP contribution in [0.5, 0.6) is 0 Å². The van der Waals surface area contributed by atoms with Gasteiger partial charge in [0.25, 0.3) is 0 Å². The third kappa shape index (κ3) is 23.9. The molecule has 0 aromatic carbocycles. The van der Waals surface area contributed by atoms with Crippen LogP contribution in [0, 0.1) is 0 Å². The standard InChI is InChI=1S/C25H49ClO/c1-2-3-4-5-6-7-8-9-10-11-12-13-14-15-16-19-22-25(27)23-20-17-18-21-24-26/h2-24H2,1H3. The van der Waals surface area contributed by atoms with Gasteiger partial charge in [0.1, 0.15) is 5.78 Å². The highest BCUT2D eigenvalue weighted by Crippen LogP contribution is 2.14. The van der Waals surface area contributed by atoms with Gasteiger partial charge in [-0.1, -0.05) is 116 Å². The van der Waals surface area contributed by atoms with Crippen LogP contribution in [0.25, 0.3) is 0 Å². The molecule has 0 heterocycles. The van der Waals surface area contributed by atoms with E-state index in [-0.39, 0.29) is 0 Å². The summed E-state index contributed by atoms with van der Waals surface area (Å²) in [6, 6.07) is 0. The molecule has 27 heavy (non-hydrogen) atoms. The van der Waals surface area contributed by atoms with Gasteiger partial charge >= 0.3 is 0 Å². The Kier molecular flexibility index (Phi) is 24.0. The lowest BCUT2D eigenvalue weighted by Crippen LogP contribution is -1.97. The van der Waals surface area contributed by atoms with Gasteiger partial charge in [0.15, 0.2) is 0 Å². The second kappa shape index (κ2) is 24.0. The van der Waals surface area contributed by atoms with Crippen LogP contribution in [-0.2, 0) is 4.79 Å². The van der Waals surface area contributed by atoms with E-state index < -0.39 is 0 Å². The molecule has 1 nitrogen and oxygen atoms in total. The van der Waals surface area contributed by atoms with Crippen LogP contribution >= 0.6 is 11.6 Å². The average molecular weight is 401 g/mol. The minimum absolute atomic E-state index is 0.478. The van der Waals surface area contributed by atoms with Gasteiger partial charge in [0.2, 0.25) is 0 Å². The maximum atomic E-state index is 11.8. The fourth-order valence-corrected chi connectivity index (χ4v) is 3.95. The molecule has 2 heteroatoms. The molecule has 0 saturated carbocycles. The van der Waals surface area contributed by atoms with Crippen LogP contribution < -0.4 is 0 Å². The summed E-state index contributed by atoms with van der Waals surface area (Å²) in [5.74, 6) is 1.24. The number of rotatable bonds is 23. The number of carbonyl (C=O) groups is 1. The molecule has 0 saturated heterocycles. The van der Waals surface area contributed by atoms with Gasteiger partial charge in [-0.15, -0.1) is 11.6 Å². The van der Waals surface area contributed by atoms with E-state index in [2.05, 4.69) is 6.92 Å². The number of alkyl halides is 1. The quantitative estimate of drug-likeness (QED) is 0.123. The van der Waals surface area contributed by atoms with Crippen LogP contribution in [0.4, 0.5) is 0 Å². The van der Waals surface area contributed by atoms with Gasteiger partial charge in [-0.05, 0) is 19.3 Å². The molecule has 0 N–H and O–H groups in total. The van der Waals surface area contributed by atoms with Crippen molar-refractivity contribution in [3.63, 3.8) is 0 Å². The first-order chi connectivity index (χ1) is 13.3. The molecule has 0 fully saturated rings. The molecule has 0 aromatic heterocycles. The zero-order valence-corrected chi connectivity index (χ0v) is 19.3. The largest absolute Gasteiger partial charge is 0.300 e. The third-order valence-corrected chi connectivity index (χ3v) is 5.92. The Balaban J connectivity index is 3.09. The second-order valence-electron chi connectivity index (χ2n) is 8.45. The Morgan fingerprint density at radius 1 is 0.481 bits per heavy atom. The normalized spacial score (nSPS) is 11.2. The lowest BCUT2D eigenvalue weighted by Gasteiger charge is -2.04. The zero-order chi connectivity index (χ0) is 19.8. The first-order valence-electron chi connectivity index (χ1n) is 12.4. The second-order valence-corrected chi connectivity index (χ2v) is 8.82. The number of Topliss-reactive ketones (excluding diaryl/α,β-unsaturated/α-hetero) is 1. The number of hydrogen-bond donors (Lipinski definition) is 0. The van der Waals surface area contributed by atoms with Crippen molar-refractivity contribution in [1.82, 2.24) is 0 Å². The number of unbranched alkanes of at least 4 members (excludes halogenated alkanes) is 18. The number of carbonyl (C=O) groups excluding carboxylic acids is 1. The highest BCUT2D eigenvalue weighted by atomic mass is 35.5. The summed E-state index contributed by atoms with van der Waals surface area (Å²) in [5, 5.41) is 0. The van der Waals surface area contributed by atoms with E-state index in [1.807, 2.05) is 0 Å². The third-order valence-electron chi connectivity index (χ3n) is 5.65. The molecule has 0 amide bonds. The van der Waals surface area contributed by atoms with E-state index in [1.165, 1.54) is 103 Å². The van der Waals surface area contributed by atoms with E-state index in [1.54, 1.807) is 0 Å². The van der Waals surface area contributed by atoms with Crippen molar-refractivity contribution in [3.8, 4) is 0 Å². The van der Waals surface area contributed by atoms with Crippen LogP contribution in [0.3, 0.4) is 0 Å². The Hall–Kier alpha value is -0.0400. The summed E-state index contributed by atoms with van der Waals surface area (Å²) in [6.45, 7) is 2.29. The summed E-state index contributed by atoms with van der Waals surface area (Å²) < 4.78 is 0. The topological polar surface area (TPSA) is 17.1 Å². The Bertz CT molecular complexity index is 290. The Labute approximate surface area is 176 Å². The zero-order valence-electron chi connectivity index (χ0n) is 18.5. The van der Waals surface area contributed by atoms with Gasteiger partial charge < -0.3 is 0 Å². The summed E-state index contributed by atoms with van der Waals surface area (Å²) in [5.41, 5.74) is 0. The van der Waals surface area contributed by atoms with Crippen molar-refractivity contribution in [1.29, 1.82) is 0 Å². The molecule has 0 aliphatic heterocycles. The molecular weight excluding hydrogens is 352 g/mol. The van der Waals surface area contributed by atoms with Crippen molar-refractivity contribution in [2.45, 2.75) is 148 Å². The molecule has 0 spiro atoms. The van der Waals surface area contributed by atoms with Gasteiger partial charge in [-0.2, -0.15) is 0 Å². The maximum Gasteiger partial charge on any atom is 0.132 e. The van der Waals surface area contributed by atoms with E-state index in [4.69, 9.17) is 11.6 Å². The predicted molar refractivity (Wildman–Crippen MR) is 123 cm³/mol. The predicted octanol–water partition coefficient (Wildman–Crippen LogP) is 9.40. The average Bonchev–Trinajstić information content (AvgIpc) is 2.67. The molecule has 0 aromatic rings. The molecule has 0 radical (unpaired) electrons. The molecule has 0 aliphatic carbocycles. The fourth-order valence-electron chi connectivity index (χ4n) is 3.77. The molecule has 0 aliphatic rings. The van der Waals surface area contributed by atoms with Crippen LogP contribution in [0.15, 0.2) is 0 Å². The van der Waals surface area contributed by atoms with Gasteiger partial charge in [0, 0.05) is 18.7 Å². The smallest absolute Gasteiger partial charge is 0.132 e. The Morgan fingerprint density at radius 2 is 0.778 bits per heavy atom. The minimum atomic E-state index is 0.478. The van der Waals surface area contributed by atoms with E-state index in [9.17, 15) is 4.79 Å². The van der Waals surface area contributed by atoms with E-state index in [0.29, 0.717) is 5.78 Å². The number of hydrogen-bond acceptors (Lipinski definition) is 1. The molecule has 0 rings (SSSR count). The van der Waals surface area contributed by atoms with Gasteiger partial charge in [-0.25, -0.2) is 0 Å². The van der Waals surface area contributed by atoms with Crippen molar-refractivity contribution in [2.24, 2.45) is 0 Å². The maximum absolute atomic E-state index is 11.8. The summed E-state index contributed by atoms with van der Waals surface area (Å²) >= 11 is 5.66. The SMILES string of the molecule is CCCCCCCCCCCCCCCCCCC(=O)CCCCCCCl.